The van der Waals surface area contributed by atoms with Gasteiger partial charge in [0.2, 0.25) is 0 Å². The van der Waals surface area contributed by atoms with Crippen molar-refractivity contribution in [3.63, 3.8) is 0 Å². The summed E-state index contributed by atoms with van der Waals surface area (Å²) in [5.74, 6) is 0. The van der Waals surface area contributed by atoms with Gasteiger partial charge in [0.1, 0.15) is 0 Å². The van der Waals surface area contributed by atoms with Gasteiger partial charge in [-0.1, -0.05) is 0 Å². The molecule has 0 saturated heterocycles. The van der Waals surface area contributed by atoms with Crippen LogP contribution in [0, 0.1) is 0 Å². The Bertz CT molecular complexity index is 396. The van der Waals surface area contributed by atoms with E-state index in [-0.39, 0.29) is 21.2 Å². The summed E-state index contributed by atoms with van der Waals surface area (Å²) < 4.78 is 4.29. The molecule has 0 aliphatic carbocycles. The van der Waals surface area contributed by atoms with Crippen molar-refractivity contribution in [2.45, 2.75) is 11.4 Å². The van der Waals surface area contributed by atoms with E-state index in [0.717, 1.165) is 15.6 Å². The van der Waals surface area contributed by atoms with E-state index < -0.39 is 0 Å². The molecule has 4 heteroatoms. The molecule has 0 N–H and O–H groups in total. The summed E-state index contributed by atoms with van der Waals surface area (Å²) in [6.07, 6.45) is 1.94. The van der Waals surface area contributed by atoms with Crippen molar-refractivity contribution in [3.8, 4) is 0 Å². The Hall–Kier alpha value is -0.650. The second-order valence-corrected chi connectivity index (χ2v) is 6.02. The first-order chi connectivity index (χ1) is 6.42. The van der Waals surface area contributed by atoms with Crippen LogP contribution in [-0.4, -0.2) is 19.3 Å². The molecule has 0 aliphatic rings. The molecule has 0 saturated carbocycles. The van der Waals surface area contributed by atoms with E-state index in [2.05, 4.69) is 23.3 Å². The summed E-state index contributed by atoms with van der Waals surface area (Å²) in [6.45, 7) is 2.24. The predicted molar refractivity (Wildman–Crippen MR) is 47.2 cm³/mol. The third-order valence-corrected chi connectivity index (χ3v) is 4.15. The second kappa shape index (κ2) is 4.04. The van der Waals surface area contributed by atoms with Gasteiger partial charge in [0.05, 0.1) is 0 Å². The normalized spacial score (nSPS) is 11.2. The molecule has 70 valence electrons. The maximum absolute atomic E-state index is 4.17. The number of aromatic nitrogens is 3. The van der Waals surface area contributed by atoms with E-state index in [0.29, 0.717) is 0 Å². The Labute approximate surface area is 87.4 Å². The molecule has 2 rings (SSSR count). The molecule has 0 atom stereocenters. The third kappa shape index (κ3) is 1.82. The zero-order valence-corrected chi connectivity index (χ0v) is 9.60. The number of nitrogens with zero attached hydrogens (tertiary/aromatic N) is 3. The topological polar surface area (TPSA) is 30.2 Å². The van der Waals surface area contributed by atoms with Gasteiger partial charge in [0.25, 0.3) is 0 Å². The Morgan fingerprint density at radius 1 is 1.46 bits per heavy atom. The van der Waals surface area contributed by atoms with Crippen molar-refractivity contribution in [2.24, 2.45) is 0 Å². The van der Waals surface area contributed by atoms with Gasteiger partial charge in [-0.15, -0.1) is 0 Å². The van der Waals surface area contributed by atoms with Crippen molar-refractivity contribution in [3.05, 3.63) is 30.1 Å². The molecular formula is C9H11IN3-. The molecule has 0 radical (unpaired) electrons. The average molecular weight is 288 g/mol. The number of halogens is 1. The van der Waals surface area contributed by atoms with Crippen molar-refractivity contribution in [1.82, 2.24) is 14.8 Å². The summed E-state index contributed by atoms with van der Waals surface area (Å²) in [6, 6.07) is 6.08. The van der Waals surface area contributed by atoms with Gasteiger partial charge in [0.15, 0.2) is 0 Å². The molecule has 2 heterocycles. The summed E-state index contributed by atoms with van der Waals surface area (Å²) in [5, 5.41) is 8.23. The zero-order valence-electron chi connectivity index (χ0n) is 7.44. The van der Waals surface area contributed by atoms with Crippen LogP contribution in [-0.2, 0) is 4.43 Å². The van der Waals surface area contributed by atoms with Crippen molar-refractivity contribution in [2.75, 3.05) is 4.43 Å². The quantitative estimate of drug-likeness (QED) is 0.500. The predicted octanol–water partition coefficient (Wildman–Crippen LogP) is -1.66. The minimum atomic E-state index is 0.285. The summed E-state index contributed by atoms with van der Waals surface area (Å²) in [7, 11) is 0. The first kappa shape index (κ1) is 8.93. The Kier molecular flexibility index (Phi) is 2.77. The number of hydrogen-bond donors (Lipinski definition) is 0. The number of rotatable bonds is 3. The van der Waals surface area contributed by atoms with Crippen LogP contribution >= 0.6 is 0 Å². The average Bonchev–Trinajstić information content (AvgIpc) is 2.58. The van der Waals surface area contributed by atoms with E-state index in [4.69, 9.17) is 0 Å². The van der Waals surface area contributed by atoms with Crippen LogP contribution in [0.2, 0.25) is 0 Å². The standard InChI is InChI=1S/C9H11IN3/c1-2-10-7-8-9-5-3-4-6-13(9)12-11-8/h3-6H,2,7H2,1H3/q-1. The fourth-order valence-electron chi connectivity index (χ4n) is 1.17. The molecule has 0 aromatic carbocycles. The molecule has 2 aromatic rings. The van der Waals surface area contributed by atoms with Crippen LogP contribution in [0.1, 0.15) is 12.6 Å². The number of hydrogen-bond acceptors (Lipinski definition) is 2. The molecule has 0 fully saturated rings. The van der Waals surface area contributed by atoms with Crippen molar-refractivity contribution in [1.29, 1.82) is 0 Å². The summed E-state index contributed by atoms with van der Waals surface area (Å²) in [4.78, 5) is 0. The van der Waals surface area contributed by atoms with Gasteiger partial charge < -0.3 is 0 Å². The molecule has 13 heavy (non-hydrogen) atoms. The first-order valence-corrected chi connectivity index (χ1v) is 7.29. The molecule has 0 bridgehead atoms. The van der Waals surface area contributed by atoms with E-state index in [1.54, 1.807) is 0 Å². The van der Waals surface area contributed by atoms with E-state index in [1.807, 2.05) is 22.8 Å². The molecule has 0 unspecified atom stereocenters. The van der Waals surface area contributed by atoms with E-state index >= 15 is 0 Å². The fraction of sp³-hybridized carbons (Fsp3) is 0.333. The van der Waals surface area contributed by atoms with E-state index in [1.165, 1.54) is 4.43 Å². The number of pyridine rings is 1. The molecule has 0 spiro atoms. The Morgan fingerprint density at radius 2 is 2.38 bits per heavy atom. The molecule has 0 aliphatic heterocycles. The van der Waals surface area contributed by atoms with Gasteiger partial charge in [-0.25, -0.2) is 0 Å². The fourth-order valence-corrected chi connectivity index (χ4v) is 2.77. The molecule has 2 aromatic heterocycles. The van der Waals surface area contributed by atoms with Crippen LogP contribution in [0.5, 0.6) is 0 Å². The van der Waals surface area contributed by atoms with E-state index in [9.17, 15) is 0 Å². The van der Waals surface area contributed by atoms with Crippen LogP contribution < -0.4 is 21.2 Å². The van der Waals surface area contributed by atoms with Crippen molar-refractivity contribution < 1.29 is 21.2 Å². The SMILES string of the molecule is CC[I-]Cc1nnn2ccccc12. The maximum atomic E-state index is 4.17. The minimum absolute atomic E-state index is 0.285. The van der Waals surface area contributed by atoms with Gasteiger partial charge in [-0.05, 0) is 0 Å². The Balaban J connectivity index is 2.35. The van der Waals surface area contributed by atoms with Gasteiger partial charge in [-0.2, -0.15) is 0 Å². The van der Waals surface area contributed by atoms with Crippen LogP contribution in [0.4, 0.5) is 0 Å². The van der Waals surface area contributed by atoms with Crippen molar-refractivity contribution >= 4 is 5.52 Å². The van der Waals surface area contributed by atoms with Gasteiger partial charge in [0, 0.05) is 0 Å². The molecular weight excluding hydrogens is 277 g/mol. The van der Waals surface area contributed by atoms with Gasteiger partial charge >= 0.3 is 87.4 Å². The van der Waals surface area contributed by atoms with Crippen LogP contribution in [0.15, 0.2) is 24.4 Å². The zero-order chi connectivity index (χ0) is 9.10. The Morgan fingerprint density at radius 3 is 3.23 bits per heavy atom. The second-order valence-electron chi connectivity index (χ2n) is 2.66. The first-order valence-electron chi connectivity index (χ1n) is 4.24. The summed E-state index contributed by atoms with van der Waals surface area (Å²) >= 11 is 0.285. The van der Waals surface area contributed by atoms with Gasteiger partial charge in [-0.3, -0.25) is 0 Å². The number of alkyl halides is 2. The monoisotopic (exact) mass is 288 g/mol. The van der Waals surface area contributed by atoms with Crippen LogP contribution in [0.25, 0.3) is 5.52 Å². The molecule has 3 nitrogen and oxygen atoms in total. The summed E-state index contributed by atoms with van der Waals surface area (Å²) in [5.41, 5.74) is 2.32. The van der Waals surface area contributed by atoms with Crippen LogP contribution in [0.3, 0.4) is 0 Å². The number of fused-ring (bicyclic) bond motifs is 1. The third-order valence-electron chi connectivity index (χ3n) is 1.81. The molecule has 0 amide bonds.